The van der Waals surface area contributed by atoms with Crippen LogP contribution in [0.2, 0.25) is 0 Å². The molecule has 25 heavy (non-hydrogen) atoms. The Hall–Kier alpha value is -2.67. The predicted molar refractivity (Wildman–Crippen MR) is 99.7 cm³/mol. The Morgan fingerprint density at radius 3 is 2.72 bits per heavy atom. The molecule has 0 aliphatic heterocycles. The van der Waals surface area contributed by atoms with Gasteiger partial charge in [-0.3, -0.25) is 4.79 Å². The topological polar surface area (TPSA) is 80.0 Å². The lowest BCUT2D eigenvalue weighted by Gasteiger charge is -2.11. The maximum Gasteiger partial charge on any atom is 0.276 e. The second-order valence-corrected chi connectivity index (χ2v) is 7.67. The fourth-order valence-corrected chi connectivity index (χ4v) is 2.86. The van der Waals surface area contributed by atoms with E-state index in [1.54, 1.807) is 11.4 Å². The zero-order chi connectivity index (χ0) is 18.0. The third kappa shape index (κ3) is 4.24. The standard InChI is InChI=1S/C18H20N4O2S/c1-11-6-5-7-12(8-11)19-17-20-13(10-25-17)16(23)21-15-9-14(24-22-15)18(2,3)4/h5-10H,1-4H3,(H,19,20)(H,21,22,23). The van der Waals surface area contributed by atoms with Crippen LogP contribution < -0.4 is 10.6 Å². The minimum Gasteiger partial charge on any atom is -0.359 e. The summed E-state index contributed by atoms with van der Waals surface area (Å²) in [6.07, 6.45) is 0. The summed E-state index contributed by atoms with van der Waals surface area (Å²) < 4.78 is 5.27. The number of amides is 1. The van der Waals surface area contributed by atoms with Crippen LogP contribution in [-0.4, -0.2) is 16.0 Å². The van der Waals surface area contributed by atoms with Crippen molar-refractivity contribution in [3.05, 3.63) is 52.7 Å². The highest BCUT2D eigenvalue weighted by Gasteiger charge is 2.21. The second kappa shape index (κ2) is 6.68. The number of carbonyl (C=O) groups excluding carboxylic acids is 1. The highest BCUT2D eigenvalue weighted by atomic mass is 32.1. The van der Waals surface area contributed by atoms with Crippen molar-refractivity contribution in [3.8, 4) is 0 Å². The number of aryl methyl sites for hydroxylation is 1. The van der Waals surface area contributed by atoms with Gasteiger partial charge < -0.3 is 15.2 Å². The molecule has 0 unspecified atom stereocenters. The van der Waals surface area contributed by atoms with E-state index in [2.05, 4.69) is 20.8 Å². The van der Waals surface area contributed by atoms with Gasteiger partial charge in [0.2, 0.25) is 0 Å². The molecule has 2 heterocycles. The van der Waals surface area contributed by atoms with E-state index >= 15 is 0 Å². The molecule has 6 nitrogen and oxygen atoms in total. The highest BCUT2D eigenvalue weighted by Crippen LogP contribution is 2.25. The minimum atomic E-state index is -0.317. The van der Waals surface area contributed by atoms with Gasteiger partial charge >= 0.3 is 0 Å². The summed E-state index contributed by atoms with van der Waals surface area (Å²) in [6.45, 7) is 8.07. The molecule has 0 fully saturated rings. The average Bonchev–Trinajstić information content (AvgIpc) is 3.16. The number of rotatable bonds is 4. The second-order valence-electron chi connectivity index (χ2n) is 6.81. The molecule has 3 aromatic rings. The van der Waals surface area contributed by atoms with Gasteiger partial charge in [-0.15, -0.1) is 11.3 Å². The van der Waals surface area contributed by atoms with Gasteiger partial charge in [0.15, 0.2) is 10.9 Å². The maximum absolute atomic E-state index is 12.3. The van der Waals surface area contributed by atoms with Gasteiger partial charge in [0.05, 0.1) is 0 Å². The fourth-order valence-electron chi connectivity index (χ4n) is 2.15. The number of carbonyl (C=O) groups is 1. The lowest BCUT2D eigenvalue weighted by atomic mass is 9.93. The van der Waals surface area contributed by atoms with Crippen molar-refractivity contribution < 1.29 is 9.32 Å². The lowest BCUT2D eigenvalue weighted by molar-refractivity contribution is 0.102. The summed E-state index contributed by atoms with van der Waals surface area (Å²) >= 11 is 1.37. The zero-order valence-electron chi connectivity index (χ0n) is 14.6. The van der Waals surface area contributed by atoms with E-state index in [4.69, 9.17) is 4.52 Å². The van der Waals surface area contributed by atoms with E-state index in [0.717, 1.165) is 11.3 Å². The first-order chi connectivity index (χ1) is 11.8. The molecular weight excluding hydrogens is 336 g/mol. The third-order valence-electron chi connectivity index (χ3n) is 3.50. The van der Waals surface area contributed by atoms with Gasteiger partial charge in [0.1, 0.15) is 11.5 Å². The van der Waals surface area contributed by atoms with Crippen molar-refractivity contribution in [3.63, 3.8) is 0 Å². The first-order valence-corrected chi connectivity index (χ1v) is 8.77. The van der Waals surface area contributed by atoms with Crippen LogP contribution in [0, 0.1) is 6.92 Å². The molecule has 0 aliphatic carbocycles. The van der Waals surface area contributed by atoms with E-state index in [0.29, 0.717) is 22.4 Å². The number of benzene rings is 1. The van der Waals surface area contributed by atoms with E-state index in [-0.39, 0.29) is 11.3 Å². The van der Waals surface area contributed by atoms with Crippen molar-refractivity contribution >= 4 is 33.9 Å². The molecule has 0 saturated heterocycles. The summed E-state index contributed by atoms with van der Waals surface area (Å²) in [6, 6.07) is 9.70. The van der Waals surface area contributed by atoms with Crippen LogP contribution in [0.15, 0.2) is 40.2 Å². The van der Waals surface area contributed by atoms with Gasteiger partial charge in [0, 0.05) is 22.5 Å². The van der Waals surface area contributed by atoms with E-state index in [1.165, 1.54) is 11.3 Å². The molecule has 1 amide bonds. The quantitative estimate of drug-likeness (QED) is 0.706. The molecule has 0 spiro atoms. The van der Waals surface area contributed by atoms with Gasteiger partial charge in [-0.25, -0.2) is 4.98 Å². The van der Waals surface area contributed by atoms with Gasteiger partial charge in [-0.2, -0.15) is 0 Å². The Morgan fingerprint density at radius 1 is 1.24 bits per heavy atom. The van der Waals surface area contributed by atoms with Crippen molar-refractivity contribution in [1.29, 1.82) is 0 Å². The van der Waals surface area contributed by atoms with Crippen molar-refractivity contribution in [2.24, 2.45) is 0 Å². The predicted octanol–water partition coefficient (Wildman–Crippen LogP) is 4.73. The number of nitrogens with one attached hydrogen (secondary N) is 2. The number of nitrogens with zero attached hydrogens (tertiary/aromatic N) is 2. The highest BCUT2D eigenvalue weighted by molar-refractivity contribution is 7.14. The normalized spacial score (nSPS) is 11.4. The Labute approximate surface area is 150 Å². The molecule has 0 bridgehead atoms. The molecule has 0 atom stereocenters. The number of thiazole rings is 1. The summed E-state index contributed by atoms with van der Waals surface area (Å²) in [5, 5.41) is 12.2. The first-order valence-electron chi connectivity index (χ1n) is 7.89. The van der Waals surface area contributed by atoms with Crippen LogP contribution in [0.25, 0.3) is 0 Å². The van der Waals surface area contributed by atoms with Crippen molar-refractivity contribution in [2.45, 2.75) is 33.1 Å². The van der Waals surface area contributed by atoms with E-state index < -0.39 is 0 Å². The Kier molecular flexibility index (Phi) is 4.59. The monoisotopic (exact) mass is 356 g/mol. The van der Waals surface area contributed by atoms with Crippen LogP contribution in [0.4, 0.5) is 16.6 Å². The van der Waals surface area contributed by atoms with Crippen LogP contribution in [0.3, 0.4) is 0 Å². The SMILES string of the molecule is Cc1cccc(Nc2nc(C(=O)Nc3cc(C(C)(C)C)on3)cs2)c1. The molecular formula is C18H20N4O2S. The van der Waals surface area contributed by atoms with Gasteiger partial charge in [0.25, 0.3) is 5.91 Å². The summed E-state index contributed by atoms with van der Waals surface area (Å²) in [5.74, 6) is 0.779. The molecule has 3 rings (SSSR count). The summed E-state index contributed by atoms with van der Waals surface area (Å²) in [7, 11) is 0. The summed E-state index contributed by atoms with van der Waals surface area (Å²) in [4.78, 5) is 16.6. The number of hydrogen-bond donors (Lipinski definition) is 2. The van der Waals surface area contributed by atoms with Crippen LogP contribution in [0.5, 0.6) is 0 Å². The van der Waals surface area contributed by atoms with Crippen molar-refractivity contribution in [2.75, 3.05) is 10.6 Å². The summed E-state index contributed by atoms with van der Waals surface area (Å²) in [5.41, 5.74) is 2.26. The molecule has 130 valence electrons. The number of aromatic nitrogens is 2. The average molecular weight is 356 g/mol. The van der Waals surface area contributed by atoms with Crippen LogP contribution in [-0.2, 0) is 5.41 Å². The molecule has 1 aromatic carbocycles. The van der Waals surface area contributed by atoms with Gasteiger partial charge in [-0.05, 0) is 24.6 Å². The third-order valence-corrected chi connectivity index (χ3v) is 4.25. The first kappa shape index (κ1) is 17.2. The maximum atomic E-state index is 12.3. The Balaban J connectivity index is 1.67. The molecule has 0 aliphatic rings. The zero-order valence-corrected chi connectivity index (χ0v) is 15.4. The fraction of sp³-hybridized carbons (Fsp3) is 0.278. The Morgan fingerprint density at radius 2 is 2.04 bits per heavy atom. The van der Waals surface area contributed by atoms with Crippen LogP contribution in [0.1, 0.15) is 42.6 Å². The molecule has 0 saturated carbocycles. The number of anilines is 3. The van der Waals surface area contributed by atoms with Crippen LogP contribution >= 0.6 is 11.3 Å². The molecule has 2 aromatic heterocycles. The van der Waals surface area contributed by atoms with Gasteiger partial charge in [-0.1, -0.05) is 38.1 Å². The molecule has 0 radical (unpaired) electrons. The van der Waals surface area contributed by atoms with Crippen molar-refractivity contribution in [1.82, 2.24) is 10.1 Å². The molecule has 2 N–H and O–H groups in total. The van der Waals surface area contributed by atoms with E-state index in [9.17, 15) is 4.79 Å². The smallest absolute Gasteiger partial charge is 0.276 e. The minimum absolute atomic E-state index is 0.165. The lowest BCUT2D eigenvalue weighted by Crippen LogP contribution is -2.13. The molecule has 7 heteroatoms. The largest absolute Gasteiger partial charge is 0.359 e. The Bertz CT molecular complexity index is 892. The van der Waals surface area contributed by atoms with E-state index in [1.807, 2.05) is 52.0 Å². The number of hydrogen-bond acceptors (Lipinski definition) is 6.